The van der Waals surface area contributed by atoms with Crippen LogP contribution >= 0.6 is 0 Å². The highest BCUT2D eigenvalue weighted by atomic mass is 16.5. The number of hydrogen-bond acceptors (Lipinski definition) is 5. The molecule has 6 nitrogen and oxygen atoms in total. The van der Waals surface area contributed by atoms with Crippen molar-refractivity contribution < 1.29 is 9.47 Å². The van der Waals surface area contributed by atoms with Gasteiger partial charge in [0.25, 0.3) is 0 Å². The van der Waals surface area contributed by atoms with Gasteiger partial charge in [-0.05, 0) is 50.3 Å². The molecule has 2 aliphatic rings. The molecule has 4 rings (SSSR count). The first kappa shape index (κ1) is 15.6. The lowest BCUT2D eigenvalue weighted by molar-refractivity contribution is 0.210. The summed E-state index contributed by atoms with van der Waals surface area (Å²) in [6, 6.07) is 10.1. The summed E-state index contributed by atoms with van der Waals surface area (Å²) in [4.78, 5) is 0. The summed E-state index contributed by atoms with van der Waals surface area (Å²) in [7, 11) is 0. The van der Waals surface area contributed by atoms with Crippen LogP contribution in [-0.2, 0) is 0 Å². The molecule has 1 unspecified atom stereocenters. The maximum absolute atomic E-state index is 9.57. The summed E-state index contributed by atoms with van der Waals surface area (Å²) in [5, 5.41) is 16.6. The van der Waals surface area contributed by atoms with Gasteiger partial charge in [-0.15, -0.1) is 5.10 Å². The van der Waals surface area contributed by atoms with Crippen molar-refractivity contribution in [1.82, 2.24) is 10.2 Å². The van der Waals surface area contributed by atoms with Crippen LogP contribution in [-0.4, -0.2) is 16.3 Å². The first-order chi connectivity index (χ1) is 12.2. The van der Waals surface area contributed by atoms with E-state index >= 15 is 0 Å². The number of hydrogen-bond donors (Lipinski definition) is 2. The van der Waals surface area contributed by atoms with Crippen molar-refractivity contribution >= 4 is 0 Å². The average Bonchev–Trinajstić information content (AvgIpc) is 3.25. The number of aryl methyl sites for hydroxylation is 1. The van der Waals surface area contributed by atoms with E-state index in [0.717, 1.165) is 35.4 Å². The van der Waals surface area contributed by atoms with E-state index in [1.807, 2.05) is 31.2 Å². The fourth-order valence-electron chi connectivity index (χ4n) is 3.67. The molecule has 1 aliphatic heterocycles. The number of allylic oxidation sites excluding steroid dienone is 1. The Bertz CT molecular complexity index is 855. The van der Waals surface area contributed by atoms with Crippen LogP contribution in [0.2, 0.25) is 0 Å². The van der Waals surface area contributed by atoms with Crippen LogP contribution in [0.1, 0.15) is 48.4 Å². The Hall–Kier alpha value is -2.94. The fourth-order valence-corrected chi connectivity index (χ4v) is 3.67. The number of fused-ring (bicyclic) bond motifs is 1. The van der Waals surface area contributed by atoms with Crippen LogP contribution in [0.15, 0.2) is 35.7 Å². The number of ether oxygens (including phenoxy) is 2. The molecule has 2 aromatic rings. The molecule has 1 aromatic heterocycles. The van der Waals surface area contributed by atoms with Gasteiger partial charge in [-0.3, -0.25) is 5.10 Å². The fraction of sp³-hybridized carbons (Fsp3) is 0.368. The third-order valence-corrected chi connectivity index (χ3v) is 4.95. The van der Waals surface area contributed by atoms with Crippen molar-refractivity contribution in [2.75, 3.05) is 0 Å². The van der Waals surface area contributed by atoms with Crippen molar-refractivity contribution in [1.29, 1.82) is 5.26 Å². The molecule has 1 fully saturated rings. The second-order valence-corrected chi connectivity index (χ2v) is 6.59. The monoisotopic (exact) mass is 336 g/mol. The molecule has 6 heteroatoms. The Labute approximate surface area is 146 Å². The number of nitriles is 1. The zero-order valence-electron chi connectivity index (χ0n) is 14.1. The zero-order valence-corrected chi connectivity index (χ0v) is 14.1. The van der Waals surface area contributed by atoms with E-state index in [9.17, 15) is 5.26 Å². The second-order valence-electron chi connectivity index (χ2n) is 6.59. The van der Waals surface area contributed by atoms with Crippen molar-refractivity contribution in [2.45, 2.75) is 44.6 Å². The van der Waals surface area contributed by atoms with Gasteiger partial charge in [-0.2, -0.15) is 5.26 Å². The standard InChI is InChI=1S/C19H20N4O2/c1-11-16-17(15(10-20)18(21)25-19(16)23-22-11)12-6-8-14(9-7-12)24-13-4-2-3-5-13/h6-9,13,17H,2-5,21H2,1H3,(H,22,23). The quantitative estimate of drug-likeness (QED) is 0.896. The summed E-state index contributed by atoms with van der Waals surface area (Å²) in [5.41, 5.74) is 9.03. The third-order valence-electron chi connectivity index (χ3n) is 4.95. The van der Waals surface area contributed by atoms with Gasteiger partial charge in [0.1, 0.15) is 17.4 Å². The molecule has 0 bridgehead atoms. The topological polar surface area (TPSA) is 97.0 Å². The number of nitrogens with zero attached hydrogens (tertiary/aromatic N) is 2. The number of nitrogens with one attached hydrogen (secondary N) is 1. The predicted molar refractivity (Wildman–Crippen MR) is 91.9 cm³/mol. The van der Waals surface area contributed by atoms with Gasteiger partial charge in [-0.1, -0.05) is 12.1 Å². The minimum atomic E-state index is -0.284. The largest absolute Gasteiger partial charge is 0.490 e. The number of H-pyrrole nitrogens is 1. The summed E-state index contributed by atoms with van der Waals surface area (Å²) in [5.74, 6) is 1.12. The summed E-state index contributed by atoms with van der Waals surface area (Å²) >= 11 is 0. The Balaban J connectivity index is 1.67. The SMILES string of the molecule is Cc1[nH]nc2c1C(c1ccc(OC3CCCC3)cc1)C(C#N)=C(N)O2. The molecule has 1 atom stereocenters. The van der Waals surface area contributed by atoms with E-state index in [4.69, 9.17) is 15.2 Å². The minimum absolute atomic E-state index is 0.109. The van der Waals surface area contributed by atoms with E-state index in [0.29, 0.717) is 17.6 Å². The first-order valence-electron chi connectivity index (χ1n) is 8.56. The van der Waals surface area contributed by atoms with E-state index in [1.165, 1.54) is 12.8 Å². The Morgan fingerprint density at radius 1 is 1.28 bits per heavy atom. The van der Waals surface area contributed by atoms with E-state index in [-0.39, 0.29) is 11.8 Å². The normalized spacial score (nSPS) is 20.1. The van der Waals surface area contributed by atoms with Crippen molar-refractivity contribution in [3.8, 4) is 17.7 Å². The summed E-state index contributed by atoms with van der Waals surface area (Å²) in [6.45, 7) is 1.91. The van der Waals surface area contributed by atoms with Gasteiger partial charge in [0.2, 0.25) is 11.8 Å². The smallest absolute Gasteiger partial charge is 0.244 e. The lowest BCUT2D eigenvalue weighted by atomic mass is 9.84. The number of aromatic amines is 1. The third kappa shape index (κ3) is 2.72. The van der Waals surface area contributed by atoms with Gasteiger partial charge in [0.15, 0.2) is 0 Å². The van der Waals surface area contributed by atoms with E-state index in [1.54, 1.807) is 0 Å². The van der Waals surface area contributed by atoms with Crippen LogP contribution in [0, 0.1) is 18.3 Å². The molecule has 1 aromatic carbocycles. The van der Waals surface area contributed by atoms with Crippen LogP contribution < -0.4 is 15.2 Å². The highest BCUT2D eigenvalue weighted by Gasteiger charge is 2.34. The Morgan fingerprint density at radius 2 is 2.00 bits per heavy atom. The molecule has 25 heavy (non-hydrogen) atoms. The summed E-state index contributed by atoms with van der Waals surface area (Å²) in [6.07, 6.45) is 5.04. The molecule has 3 N–H and O–H groups in total. The summed E-state index contributed by atoms with van der Waals surface area (Å²) < 4.78 is 11.5. The molecule has 0 radical (unpaired) electrons. The van der Waals surface area contributed by atoms with Gasteiger partial charge in [0.05, 0.1) is 12.0 Å². The first-order valence-corrected chi connectivity index (χ1v) is 8.56. The van der Waals surface area contributed by atoms with Gasteiger partial charge < -0.3 is 15.2 Å². The average molecular weight is 336 g/mol. The van der Waals surface area contributed by atoms with Gasteiger partial charge >= 0.3 is 0 Å². The molecular weight excluding hydrogens is 316 g/mol. The molecule has 0 amide bonds. The number of aromatic nitrogens is 2. The van der Waals surface area contributed by atoms with Crippen LogP contribution in [0.5, 0.6) is 11.6 Å². The molecule has 128 valence electrons. The zero-order chi connectivity index (χ0) is 17.4. The van der Waals surface area contributed by atoms with Crippen molar-refractivity contribution in [3.63, 3.8) is 0 Å². The molecule has 1 aliphatic carbocycles. The lowest BCUT2D eigenvalue weighted by Gasteiger charge is -2.24. The Kier molecular flexibility index (Phi) is 3.85. The number of rotatable bonds is 3. The second kappa shape index (κ2) is 6.17. The maximum Gasteiger partial charge on any atom is 0.244 e. The van der Waals surface area contributed by atoms with Crippen LogP contribution in [0.4, 0.5) is 0 Å². The highest BCUT2D eigenvalue weighted by Crippen LogP contribution is 2.42. The highest BCUT2D eigenvalue weighted by molar-refractivity contribution is 5.55. The molecule has 2 heterocycles. The van der Waals surface area contributed by atoms with E-state index < -0.39 is 0 Å². The Morgan fingerprint density at radius 3 is 2.68 bits per heavy atom. The van der Waals surface area contributed by atoms with Crippen molar-refractivity contribution in [3.05, 3.63) is 52.5 Å². The predicted octanol–water partition coefficient (Wildman–Crippen LogP) is 3.26. The molecule has 0 spiro atoms. The molecule has 1 saturated carbocycles. The van der Waals surface area contributed by atoms with Crippen LogP contribution in [0.3, 0.4) is 0 Å². The lowest BCUT2D eigenvalue weighted by Crippen LogP contribution is -2.21. The number of benzene rings is 1. The van der Waals surface area contributed by atoms with Gasteiger partial charge in [0, 0.05) is 11.3 Å². The maximum atomic E-state index is 9.57. The van der Waals surface area contributed by atoms with Crippen LogP contribution in [0.25, 0.3) is 0 Å². The van der Waals surface area contributed by atoms with Crippen molar-refractivity contribution in [2.24, 2.45) is 5.73 Å². The molecular formula is C19H20N4O2. The van der Waals surface area contributed by atoms with Gasteiger partial charge in [-0.25, -0.2) is 0 Å². The van der Waals surface area contributed by atoms with E-state index in [2.05, 4.69) is 16.3 Å². The minimum Gasteiger partial charge on any atom is -0.490 e. The number of nitrogens with two attached hydrogens (primary N) is 1. The molecule has 0 saturated heterocycles.